The molecule has 0 saturated carbocycles. The second-order valence-electron chi connectivity index (χ2n) is 5.69. The number of fused-ring (bicyclic) bond motifs is 1. The molecule has 2 heterocycles. The van der Waals surface area contributed by atoms with Gasteiger partial charge in [0.15, 0.2) is 9.47 Å². The number of hydrogen-bond donors (Lipinski definition) is 1. The molecule has 7 heteroatoms. The number of nitrogens with zero attached hydrogens (tertiary/aromatic N) is 2. The maximum absolute atomic E-state index is 12.2. The Morgan fingerprint density at radius 3 is 2.73 bits per heavy atom. The first-order valence-corrected chi connectivity index (χ1v) is 10.7. The SMILES string of the molecule is Cc1ccc(-c2csc(SCC(=O)Nc3nc4ccccc4s3)n2)cc1. The van der Waals surface area contributed by atoms with Crippen LogP contribution in [-0.2, 0) is 4.79 Å². The predicted molar refractivity (Wildman–Crippen MR) is 111 cm³/mol. The van der Waals surface area contributed by atoms with E-state index in [9.17, 15) is 4.79 Å². The Morgan fingerprint density at radius 2 is 1.92 bits per heavy atom. The predicted octanol–water partition coefficient (Wildman–Crippen LogP) is 5.46. The van der Waals surface area contributed by atoms with Gasteiger partial charge in [0.2, 0.25) is 5.91 Å². The fourth-order valence-electron chi connectivity index (χ4n) is 2.39. The Labute approximate surface area is 163 Å². The Bertz CT molecular complexity index is 1020. The van der Waals surface area contributed by atoms with Crippen molar-refractivity contribution in [3.63, 3.8) is 0 Å². The normalized spacial score (nSPS) is 11.0. The van der Waals surface area contributed by atoms with Gasteiger partial charge in [-0.25, -0.2) is 9.97 Å². The lowest BCUT2D eigenvalue weighted by Crippen LogP contribution is -2.13. The average molecular weight is 398 g/mol. The number of amides is 1. The Kier molecular flexibility index (Phi) is 5.01. The second kappa shape index (κ2) is 7.57. The number of anilines is 1. The third-order valence-electron chi connectivity index (χ3n) is 3.70. The molecule has 0 aliphatic carbocycles. The summed E-state index contributed by atoms with van der Waals surface area (Å²) in [5.74, 6) is 0.248. The molecule has 4 nitrogen and oxygen atoms in total. The number of thiazole rings is 2. The summed E-state index contributed by atoms with van der Waals surface area (Å²) in [5, 5.41) is 5.53. The molecule has 0 fully saturated rings. The summed E-state index contributed by atoms with van der Waals surface area (Å²) in [6.45, 7) is 2.07. The monoisotopic (exact) mass is 397 g/mol. The molecule has 0 radical (unpaired) electrons. The summed E-state index contributed by atoms with van der Waals surface area (Å²) in [7, 11) is 0. The maximum atomic E-state index is 12.2. The number of para-hydroxylation sites is 1. The zero-order chi connectivity index (χ0) is 17.9. The molecule has 0 saturated heterocycles. The number of hydrogen-bond acceptors (Lipinski definition) is 6. The lowest BCUT2D eigenvalue weighted by Gasteiger charge is -1.99. The number of rotatable bonds is 5. The Morgan fingerprint density at radius 1 is 1.12 bits per heavy atom. The van der Waals surface area contributed by atoms with Gasteiger partial charge < -0.3 is 5.32 Å². The first-order chi connectivity index (χ1) is 12.7. The highest BCUT2D eigenvalue weighted by atomic mass is 32.2. The fourth-order valence-corrected chi connectivity index (χ4v) is 4.91. The molecule has 1 N–H and O–H groups in total. The molecule has 0 unspecified atom stereocenters. The van der Waals surface area contributed by atoms with E-state index in [0.717, 1.165) is 25.8 Å². The van der Waals surface area contributed by atoms with Crippen molar-refractivity contribution in [2.24, 2.45) is 0 Å². The number of carbonyl (C=O) groups excluding carboxylic acids is 1. The van der Waals surface area contributed by atoms with Crippen molar-refractivity contribution in [2.75, 3.05) is 11.1 Å². The van der Waals surface area contributed by atoms with Gasteiger partial charge in [0.05, 0.1) is 21.7 Å². The number of nitrogens with one attached hydrogen (secondary N) is 1. The lowest BCUT2D eigenvalue weighted by molar-refractivity contribution is -0.113. The van der Waals surface area contributed by atoms with Gasteiger partial charge in [-0.05, 0) is 19.1 Å². The van der Waals surface area contributed by atoms with E-state index in [4.69, 9.17) is 0 Å². The molecule has 26 heavy (non-hydrogen) atoms. The van der Waals surface area contributed by atoms with Crippen molar-refractivity contribution in [3.05, 3.63) is 59.5 Å². The minimum Gasteiger partial charge on any atom is -0.301 e. The van der Waals surface area contributed by atoms with Crippen molar-refractivity contribution in [1.82, 2.24) is 9.97 Å². The van der Waals surface area contributed by atoms with Gasteiger partial charge in [0.1, 0.15) is 0 Å². The van der Waals surface area contributed by atoms with Crippen LogP contribution in [0.25, 0.3) is 21.5 Å². The molecule has 2 aromatic carbocycles. The highest BCUT2D eigenvalue weighted by Gasteiger charge is 2.10. The van der Waals surface area contributed by atoms with Crippen LogP contribution in [0, 0.1) is 6.92 Å². The standard InChI is InChI=1S/C19H15N3OS3/c1-12-6-8-13(9-7-12)15-10-24-19(21-15)25-11-17(23)22-18-20-14-4-2-3-5-16(14)26-18/h2-10H,11H2,1H3,(H,20,22,23). The molecular weight excluding hydrogens is 382 g/mol. The van der Waals surface area contributed by atoms with Crippen molar-refractivity contribution < 1.29 is 4.79 Å². The van der Waals surface area contributed by atoms with Crippen LogP contribution in [0.3, 0.4) is 0 Å². The number of carbonyl (C=O) groups is 1. The zero-order valence-electron chi connectivity index (χ0n) is 13.9. The van der Waals surface area contributed by atoms with Crippen molar-refractivity contribution in [1.29, 1.82) is 0 Å². The van der Waals surface area contributed by atoms with Gasteiger partial charge in [-0.15, -0.1) is 11.3 Å². The van der Waals surface area contributed by atoms with E-state index < -0.39 is 0 Å². The van der Waals surface area contributed by atoms with Gasteiger partial charge in [-0.2, -0.15) is 0 Å². The lowest BCUT2D eigenvalue weighted by atomic mass is 10.1. The number of aryl methyl sites for hydroxylation is 1. The summed E-state index contributed by atoms with van der Waals surface area (Å²) in [6, 6.07) is 16.1. The van der Waals surface area contributed by atoms with E-state index in [1.165, 1.54) is 28.7 Å². The molecular formula is C19H15N3OS3. The third kappa shape index (κ3) is 3.95. The first-order valence-electron chi connectivity index (χ1n) is 7.98. The molecule has 0 aliphatic heterocycles. The molecule has 1 amide bonds. The third-order valence-corrected chi connectivity index (χ3v) is 6.67. The minimum atomic E-state index is -0.0684. The van der Waals surface area contributed by atoms with Crippen molar-refractivity contribution >= 4 is 55.7 Å². The quantitative estimate of drug-likeness (QED) is 0.454. The number of aromatic nitrogens is 2. The van der Waals surface area contributed by atoms with Crippen LogP contribution >= 0.6 is 34.4 Å². The molecule has 0 spiro atoms. The van der Waals surface area contributed by atoms with E-state index >= 15 is 0 Å². The van der Waals surface area contributed by atoms with Gasteiger partial charge in [0.25, 0.3) is 0 Å². The summed E-state index contributed by atoms with van der Waals surface area (Å²) in [5.41, 5.74) is 4.18. The van der Waals surface area contributed by atoms with Crippen LogP contribution in [0.5, 0.6) is 0 Å². The van der Waals surface area contributed by atoms with Crippen LogP contribution in [0.2, 0.25) is 0 Å². The van der Waals surface area contributed by atoms with Gasteiger partial charge >= 0.3 is 0 Å². The molecule has 0 atom stereocenters. The van der Waals surface area contributed by atoms with E-state index in [-0.39, 0.29) is 5.91 Å². The topological polar surface area (TPSA) is 54.9 Å². The van der Waals surface area contributed by atoms with Crippen LogP contribution in [0.4, 0.5) is 5.13 Å². The largest absolute Gasteiger partial charge is 0.301 e. The van der Waals surface area contributed by atoms with E-state index in [1.807, 2.05) is 29.6 Å². The van der Waals surface area contributed by atoms with Gasteiger partial charge in [-0.3, -0.25) is 4.79 Å². The highest BCUT2D eigenvalue weighted by Crippen LogP contribution is 2.29. The maximum Gasteiger partial charge on any atom is 0.236 e. The Balaban J connectivity index is 1.36. The van der Waals surface area contributed by atoms with Gasteiger partial charge in [0, 0.05) is 10.9 Å². The second-order valence-corrected chi connectivity index (χ2v) is 8.80. The molecule has 130 valence electrons. The summed E-state index contributed by atoms with van der Waals surface area (Å²) in [6.07, 6.45) is 0. The Hall–Kier alpha value is -2.22. The van der Waals surface area contributed by atoms with E-state index in [0.29, 0.717) is 10.9 Å². The van der Waals surface area contributed by atoms with Crippen molar-refractivity contribution in [2.45, 2.75) is 11.3 Å². The summed E-state index contributed by atoms with van der Waals surface area (Å²) in [4.78, 5) is 21.2. The number of thioether (sulfide) groups is 1. The van der Waals surface area contributed by atoms with Crippen LogP contribution in [0.1, 0.15) is 5.56 Å². The average Bonchev–Trinajstić information content (AvgIpc) is 3.27. The number of benzene rings is 2. The molecule has 4 aromatic rings. The van der Waals surface area contributed by atoms with Crippen LogP contribution in [0.15, 0.2) is 58.3 Å². The van der Waals surface area contributed by atoms with Gasteiger partial charge in [-0.1, -0.05) is 65.1 Å². The van der Waals surface area contributed by atoms with Crippen LogP contribution < -0.4 is 5.32 Å². The van der Waals surface area contributed by atoms with Crippen LogP contribution in [-0.4, -0.2) is 21.6 Å². The molecule has 4 rings (SSSR count). The zero-order valence-corrected chi connectivity index (χ0v) is 16.4. The van der Waals surface area contributed by atoms with E-state index in [2.05, 4.69) is 46.5 Å². The van der Waals surface area contributed by atoms with Crippen molar-refractivity contribution in [3.8, 4) is 11.3 Å². The summed E-state index contributed by atoms with van der Waals surface area (Å²) < 4.78 is 1.96. The molecule has 0 aliphatic rings. The minimum absolute atomic E-state index is 0.0684. The first kappa shape index (κ1) is 17.2. The fraction of sp³-hybridized carbons (Fsp3) is 0.105. The molecule has 2 aromatic heterocycles. The summed E-state index contributed by atoms with van der Waals surface area (Å²) >= 11 is 4.49. The smallest absolute Gasteiger partial charge is 0.236 e. The highest BCUT2D eigenvalue weighted by molar-refractivity contribution is 8.01. The van der Waals surface area contributed by atoms with E-state index in [1.54, 1.807) is 11.3 Å². The molecule has 0 bridgehead atoms.